The summed E-state index contributed by atoms with van der Waals surface area (Å²) >= 11 is 0. The van der Waals surface area contributed by atoms with Crippen LogP contribution in [0.5, 0.6) is 0 Å². The summed E-state index contributed by atoms with van der Waals surface area (Å²) in [6, 6.07) is 0. The fourth-order valence-corrected chi connectivity index (χ4v) is 8.09. The standard InChI is InChI=1S/C22H38/c1-5-16-7-9-20-19-8-6-15-14-21(2,3)12-10-17(15)18(19)11-13-22(16,20)4/h15-20H,5-14H2,1-4H3. The zero-order valence-electron chi connectivity index (χ0n) is 15.5. The van der Waals surface area contributed by atoms with Gasteiger partial charge >= 0.3 is 0 Å². The molecule has 0 nitrogen and oxygen atoms in total. The molecule has 0 amide bonds. The van der Waals surface area contributed by atoms with E-state index in [0.717, 1.165) is 40.9 Å². The van der Waals surface area contributed by atoms with Gasteiger partial charge < -0.3 is 0 Å². The van der Waals surface area contributed by atoms with Crippen molar-refractivity contribution in [3.63, 3.8) is 0 Å². The Bertz CT molecular complexity index is 422. The van der Waals surface area contributed by atoms with Crippen LogP contribution >= 0.6 is 0 Å². The fourth-order valence-electron chi connectivity index (χ4n) is 8.09. The quantitative estimate of drug-likeness (QED) is 0.506. The second-order valence-electron chi connectivity index (χ2n) is 10.6. The minimum atomic E-state index is 0.637. The minimum Gasteiger partial charge on any atom is -0.0651 e. The Morgan fingerprint density at radius 3 is 2.32 bits per heavy atom. The van der Waals surface area contributed by atoms with E-state index in [0.29, 0.717) is 5.41 Å². The molecule has 0 spiro atoms. The van der Waals surface area contributed by atoms with Crippen molar-refractivity contribution in [1.82, 2.24) is 0 Å². The Balaban J connectivity index is 1.54. The normalized spacial score (nSPS) is 53.5. The monoisotopic (exact) mass is 302 g/mol. The molecule has 4 aliphatic rings. The smallest absolute Gasteiger partial charge is 0.0266 e. The van der Waals surface area contributed by atoms with Crippen molar-refractivity contribution in [2.75, 3.05) is 0 Å². The Kier molecular flexibility index (Phi) is 3.70. The third-order valence-corrected chi connectivity index (χ3v) is 9.18. The molecule has 0 heteroatoms. The molecule has 0 radical (unpaired) electrons. The number of hydrogen-bond acceptors (Lipinski definition) is 0. The average Bonchev–Trinajstić information content (AvgIpc) is 2.82. The van der Waals surface area contributed by atoms with E-state index in [1.165, 1.54) is 19.3 Å². The van der Waals surface area contributed by atoms with Gasteiger partial charge in [0, 0.05) is 0 Å². The molecule has 22 heavy (non-hydrogen) atoms. The molecular weight excluding hydrogens is 264 g/mol. The second-order valence-corrected chi connectivity index (χ2v) is 10.6. The van der Waals surface area contributed by atoms with Crippen LogP contribution in [0.25, 0.3) is 0 Å². The highest BCUT2D eigenvalue weighted by Gasteiger charge is 2.56. The van der Waals surface area contributed by atoms with E-state index in [1.807, 2.05) is 0 Å². The third kappa shape index (κ3) is 2.22. The molecule has 4 aliphatic carbocycles. The van der Waals surface area contributed by atoms with E-state index in [1.54, 1.807) is 44.9 Å². The summed E-state index contributed by atoms with van der Waals surface area (Å²) in [5.41, 5.74) is 1.36. The van der Waals surface area contributed by atoms with Gasteiger partial charge in [-0.1, -0.05) is 34.1 Å². The fraction of sp³-hybridized carbons (Fsp3) is 1.00. The molecule has 4 fully saturated rings. The first-order chi connectivity index (χ1) is 10.4. The molecular formula is C22H38. The molecule has 0 aromatic rings. The summed E-state index contributed by atoms with van der Waals surface area (Å²) in [4.78, 5) is 0. The Morgan fingerprint density at radius 1 is 0.773 bits per heavy atom. The molecule has 7 unspecified atom stereocenters. The predicted octanol–water partition coefficient (Wildman–Crippen LogP) is 6.69. The highest BCUT2D eigenvalue weighted by molar-refractivity contribution is 5.06. The van der Waals surface area contributed by atoms with Crippen molar-refractivity contribution < 1.29 is 0 Å². The Hall–Kier alpha value is 0. The number of rotatable bonds is 1. The van der Waals surface area contributed by atoms with Crippen molar-refractivity contribution in [2.24, 2.45) is 46.3 Å². The highest BCUT2D eigenvalue weighted by Crippen LogP contribution is 2.65. The maximum atomic E-state index is 2.69. The molecule has 7 atom stereocenters. The summed E-state index contributed by atoms with van der Waals surface area (Å²) in [5, 5.41) is 0. The molecule has 0 heterocycles. The Labute approximate surface area is 138 Å². The largest absolute Gasteiger partial charge is 0.0651 e. The van der Waals surface area contributed by atoms with Crippen molar-refractivity contribution in [3.05, 3.63) is 0 Å². The Morgan fingerprint density at radius 2 is 1.55 bits per heavy atom. The summed E-state index contributed by atoms with van der Waals surface area (Å²) in [6.45, 7) is 10.2. The van der Waals surface area contributed by atoms with Gasteiger partial charge in [0.1, 0.15) is 0 Å². The SMILES string of the molecule is CCC1CCC2C3CCC4CC(C)(C)CCC4C3CCC12C. The van der Waals surface area contributed by atoms with Crippen LogP contribution in [0.15, 0.2) is 0 Å². The van der Waals surface area contributed by atoms with E-state index >= 15 is 0 Å². The summed E-state index contributed by atoms with van der Waals surface area (Å²) in [6.07, 6.45) is 15.4. The molecule has 0 aromatic heterocycles. The van der Waals surface area contributed by atoms with Gasteiger partial charge in [0.05, 0.1) is 0 Å². The van der Waals surface area contributed by atoms with E-state index in [2.05, 4.69) is 27.7 Å². The van der Waals surface area contributed by atoms with Crippen LogP contribution < -0.4 is 0 Å². The van der Waals surface area contributed by atoms with Crippen LogP contribution in [0.1, 0.15) is 91.9 Å². The van der Waals surface area contributed by atoms with Gasteiger partial charge in [-0.25, -0.2) is 0 Å². The van der Waals surface area contributed by atoms with Crippen molar-refractivity contribution in [2.45, 2.75) is 91.9 Å². The molecule has 0 N–H and O–H groups in total. The summed E-state index contributed by atoms with van der Waals surface area (Å²) in [5.74, 6) is 6.55. The van der Waals surface area contributed by atoms with Gasteiger partial charge in [-0.05, 0) is 104 Å². The van der Waals surface area contributed by atoms with Crippen LogP contribution in [0, 0.1) is 46.3 Å². The van der Waals surface area contributed by atoms with Gasteiger partial charge in [0.2, 0.25) is 0 Å². The lowest BCUT2D eigenvalue weighted by molar-refractivity contribution is -0.0760. The van der Waals surface area contributed by atoms with Gasteiger partial charge in [0.25, 0.3) is 0 Å². The topological polar surface area (TPSA) is 0 Å². The van der Waals surface area contributed by atoms with Gasteiger partial charge in [-0.2, -0.15) is 0 Å². The van der Waals surface area contributed by atoms with Crippen LogP contribution in [0.3, 0.4) is 0 Å². The first-order valence-corrected chi connectivity index (χ1v) is 10.4. The van der Waals surface area contributed by atoms with Gasteiger partial charge in [-0.3, -0.25) is 0 Å². The molecule has 0 bridgehead atoms. The van der Waals surface area contributed by atoms with Crippen molar-refractivity contribution in [3.8, 4) is 0 Å². The van der Waals surface area contributed by atoms with Crippen molar-refractivity contribution in [1.29, 1.82) is 0 Å². The molecule has 4 saturated carbocycles. The maximum absolute atomic E-state index is 2.69. The average molecular weight is 303 g/mol. The number of hydrogen-bond donors (Lipinski definition) is 0. The zero-order valence-corrected chi connectivity index (χ0v) is 15.5. The van der Waals surface area contributed by atoms with Gasteiger partial charge in [-0.15, -0.1) is 0 Å². The van der Waals surface area contributed by atoms with E-state index in [-0.39, 0.29) is 0 Å². The summed E-state index contributed by atoms with van der Waals surface area (Å²) in [7, 11) is 0. The van der Waals surface area contributed by atoms with Crippen molar-refractivity contribution >= 4 is 0 Å². The minimum absolute atomic E-state index is 0.637. The van der Waals surface area contributed by atoms with E-state index in [9.17, 15) is 0 Å². The lowest BCUT2D eigenvalue weighted by atomic mass is 9.48. The third-order valence-electron chi connectivity index (χ3n) is 9.18. The van der Waals surface area contributed by atoms with E-state index < -0.39 is 0 Å². The van der Waals surface area contributed by atoms with Crippen LogP contribution in [0.2, 0.25) is 0 Å². The number of fused-ring (bicyclic) bond motifs is 5. The van der Waals surface area contributed by atoms with E-state index in [4.69, 9.17) is 0 Å². The van der Waals surface area contributed by atoms with Gasteiger partial charge in [0.15, 0.2) is 0 Å². The summed E-state index contributed by atoms with van der Waals surface area (Å²) < 4.78 is 0. The first-order valence-electron chi connectivity index (χ1n) is 10.4. The molecule has 0 saturated heterocycles. The molecule has 126 valence electrons. The second kappa shape index (κ2) is 5.25. The lowest BCUT2D eigenvalue weighted by Crippen LogP contribution is -2.49. The zero-order chi connectivity index (χ0) is 15.5. The van der Waals surface area contributed by atoms with Crippen LogP contribution in [-0.2, 0) is 0 Å². The lowest BCUT2D eigenvalue weighted by Gasteiger charge is -2.57. The maximum Gasteiger partial charge on any atom is -0.0266 e. The molecule has 4 rings (SSSR count). The first kappa shape index (κ1) is 15.5. The molecule has 0 aromatic carbocycles. The van der Waals surface area contributed by atoms with Crippen LogP contribution in [-0.4, -0.2) is 0 Å². The predicted molar refractivity (Wildman–Crippen MR) is 94.7 cm³/mol. The highest BCUT2D eigenvalue weighted by atomic mass is 14.6. The van der Waals surface area contributed by atoms with Crippen LogP contribution in [0.4, 0.5) is 0 Å². The molecule has 0 aliphatic heterocycles.